The van der Waals surface area contributed by atoms with E-state index in [1.54, 1.807) is 18.3 Å². The van der Waals surface area contributed by atoms with E-state index in [1.165, 1.54) is 19.3 Å². The molecule has 0 amide bonds. The van der Waals surface area contributed by atoms with Gasteiger partial charge in [0.15, 0.2) is 0 Å². The smallest absolute Gasteiger partial charge is 0.129 e. The molecule has 1 aromatic heterocycles. The molecule has 0 atom stereocenters. The summed E-state index contributed by atoms with van der Waals surface area (Å²) in [6, 6.07) is 5.57. The van der Waals surface area contributed by atoms with Crippen LogP contribution in [0.3, 0.4) is 0 Å². The largest absolute Gasteiger partial charge is 0.507 e. The van der Waals surface area contributed by atoms with Gasteiger partial charge in [-0.05, 0) is 49.4 Å². The second kappa shape index (κ2) is 7.94. The first-order valence-electron chi connectivity index (χ1n) is 9.38. The lowest BCUT2D eigenvalue weighted by Crippen LogP contribution is -2.17. The Morgan fingerprint density at radius 3 is 2.28 bits per heavy atom. The molecule has 2 rings (SSSR count). The van der Waals surface area contributed by atoms with Crippen molar-refractivity contribution in [1.29, 1.82) is 0 Å². The summed E-state index contributed by atoms with van der Waals surface area (Å²) in [5, 5.41) is 25.5. The zero-order valence-electron chi connectivity index (χ0n) is 16.2. The molecule has 0 fully saturated rings. The van der Waals surface area contributed by atoms with Gasteiger partial charge in [-0.3, -0.25) is 4.68 Å². The van der Waals surface area contributed by atoms with Crippen molar-refractivity contribution in [2.45, 2.75) is 78.2 Å². The maximum atomic E-state index is 10.6. The van der Waals surface area contributed by atoms with Crippen molar-refractivity contribution in [3.05, 3.63) is 30.0 Å². The lowest BCUT2D eigenvalue weighted by atomic mass is 9.79. The second-order valence-electron chi connectivity index (χ2n) is 7.84. The van der Waals surface area contributed by atoms with Crippen LogP contribution in [0.5, 0.6) is 11.5 Å². The standard InChI is InChI=1S/C21H32N2O2/c1-6-7-8-9-11-21(4,5)16-13-18(24)20(19(25)14-16)17-10-12-22-23(17)15(2)3/h10,12-15,24-25H,6-9,11H2,1-5H3. The van der Waals surface area contributed by atoms with Crippen LogP contribution in [0.25, 0.3) is 11.3 Å². The Morgan fingerprint density at radius 2 is 1.72 bits per heavy atom. The number of rotatable bonds is 8. The van der Waals surface area contributed by atoms with Crippen LogP contribution in [0.2, 0.25) is 0 Å². The first-order valence-corrected chi connectivity index (χ1v) is 9.38. The first-order chi connectivity index (χ1) is 11.8. The molecule has 1 aromatic carbocycles. The van der Waals surface area contributed by atoms with Gasteiger partial charge in [0.25, 0.3) is 0 Å². The average molecular weight is 344 g/mol. The van der Waals surface area contributed by atoms with Crippen LogP contribution >= 0.6 is 0 Å². The fraction of sp³-hybridized carbons (Fsp3) is 0.571. The normalized spacial score (nSPS) is 12.1. The van der Waals surface area contributed by atoms with Crippen LogP contribution in [0, 0.1) is 0 Å². The van der Waals surface area contributed by atoms with Gasteiger partial charge in [-0.15, -0.1) is 0 Å². The molecule has 0 saturated heterocycles. The number of aromatic nitrogens is 2. The highest BCUT2D eigenvalue weighted by molar-refractivity contribution is 5.74. The number of aromatic hydroxyl groups is 2. The number of phenolic OH excluding ortho intramolecular Hbond substituents is 2. The SMILES string of the molecule is CCCCCCC(C)(C)c1cc(O)c(-c2ccnn2C(C)C)c(O)c1. The van der Waals surface area contributed by atoms with E-state index in [0.717, 1.165) is 24.1 Å². The molecule has 1 heterocycles. The van der Waals surface area contributed by atoms with Crippen molar-refractivity contribution in [3.8, 4) is 22.8 Å². The summed E-state index contributed by atoms with van der Waals surface area (Å²) < 4.78 is 1.81. The van der Waals surface area contributed by atoms with E-state index >= 15 is 0 Å². The molecule has 2 aromatic rings. The van der Waals surface area contributed by atoms with Crippen molar-refractivity contribution in [1.82, 2.24) is 9.78 Å². The Bertz CT molecular complexity index is 679. The number of phenols is 2. The zero-order chi connectivity index (χ0) is 18.6. The molecule has 0 saturated carbocycles. The summed E-state index contributed by atoms with van der Waals surface area (Å²) in [5.41, 5.74) is 2.08. The summed E-state index contributed by atoms with van der Waals surface area (Å²) in [6.45, 7) is 10.6. The maximum absolute atomic E-state index is 10.6. The fourth-order valence-electron chi connectivity index (χ4n) is 3.33. The van der Waals surface area contributed by atoms with Crippen molar-refractivity contribution in [2.75, 3.05) is 0 Å². The summed E-state index contributed by atoms with van der Waals surface area (Å²) in [4.78, 5) is 0. The first kappa shape index (κ1) is 19.4. The molecular weight excluding hydrogens is 312 g/mol. The Balaban J connectivity index is 2.32. The second-order valence-corrected chi connectivity index (χ2v) is 7.84. The summed E-state index contributed by atoms with van der Waals surface area (Å²) in [7, 11) is 0. The van der Waals surface area contributed by atoms with Gasteiger partial charge >= 0.3 is 0 Å². The van der Waals surface area contributed by atoms with E-state index in [4.69, 9.17) is 0 Å². The third kappa shape index (κ3) is 4.36. The van der Waals surface area contributed by atoms with E-state index in [1.807, 2.05) is 24.6 Å². The van der Waals surface area contributed by atoms with E-state index in [-0.39, 0.29) is 23.0 Å². The van der Waals surface area contributed by atoms with Gasteiger partial charge in [-0.25, -0.2) is 0 Å². The Morgan fingerprint density at radius 1 is 1.08 bits per heavy atom. The molecule has 0 aliphatic carbocycles. The zero-order valence-corrected chi connectivity index (χ0v) is 16.2. The molecule has 4 nitrogen and oxygen atoms in total. The molecule has 0 radical (unpaired) electrons. The molecule has 0 aliphatic heterocycles. The van der Waals surface area contributed by atoms with Crippen LogP contribution in [-0.4, -0.2) is 20.0 Å². The lowest BCUT2D eigenvalue weighted by Gasteiger charge is -2.26. The molecule has 25 heavy (non-hydrogen) atoms. The van der Waals surface area contributed by atoms with Crippen molar-refractivity contribution in [2.24, 2.45) is 0 Å². The van der Waals surface area contributed by atoms with Crippen LogP contribution < -0.4 is 0 Å². The summed E-state index contributed by atoms with van der Waals surface area (Å²) >= 11 is 0. The number of benzene rings is 1. The highest BCUT2D eigenvalue weighted by Gasteiger charge is 2.25. The van der Waals surface area contributed by atoms with Gasteiger partial charge in [0, 0.05) is 12.2 Å². The lowest BCUT2D eigenvalue weighted by molar-refractivity contribution is 0.424. The molecular formula is C21H32N2O2. The van der Waals surface area contributed by atoms with Crippen LogP contribution in [-0.2, 0) is 5.41 Å². The minimum atomic E-state index is -0.0838. The summed E-state index contributed by atoms with van der Waals surface area (Å²) in [5.74, 6) is 0.220. The van der Waals surface area contributed by atoms with Crippen molar-refractivity contribution < 1.29 is 10.2 Å². The molecule has 0 aliphatic rings. The third-order valence-corrected chi connectivity index (χ3v) is 4.95. The van der Waals surface area contributed by atoms with Crippen molar-refractivity contribution >= 4 is 0 Å². The highest BCUT2D eigenvalue weighted by atomic mass is 16.3. The van der Waals surface area contributed by atoms with E-state index < -0.39 is 0 Å². The van der Waals surface area contributed by atoms with Crippen LogP contribution in [0.15, 0.2) is 24.4 Å². The molecule has 138 valence electrons. The van der Waals surface area contributed by atoms with Crippen LogP contribution in [0.1, 0.15) is 78.3 Å². The van der Waals surface area contributed by atoms with E-state index in [0.29, 0.717) is 5.56 Å². The topological polar surface area (TPSA) is 58.3 Å². The van der Waals surface area contributed by atoms with Gasteiger partial charge in [-0.1, -0.05) is 46.5 Å². The minimum Gasteiger partial charge on any atom is -0.507 e. The molecule has 0 spiro atoms. The number of hydrogen-bond acceptors (Lipinski definition) is 3. The summed E-state index contributed by atoms with van der Waals surface area (Å²) in [6.07, 6.45) is 7.59. The van der Waals surface area contributed by atoms with Gasteiger partial charge in [0.05, 0.1) is 11.3 Å². The Kier molecular flexibility index (Phi) is 6.15. The van der Waals surface area contributed by atoms with Gasteiger partial charge in [-0.2, -0.15) is 5.10 Å². The van der Waals surface area contributed by atoms with Gasteiger partial charge in [0.1, 0.15) is 11.5 Å². The average Bonchev–Trinajstić information content (AvgIpc) is 3.00. The molecule has 0 bridgehead atoms. The molecule has 2 N–H and O–H groups in total. The minimum absolute atomic E-state index is 0.0838. The van der Waals surface area contributed by atoms with Crippen molar-refractivity contribution in [3.63, 3.8) is 0 Å². The number of hydrogen-bond donors (Lipinski definition) is 2. The Hall–Kier alpha value is -1.97. The monoisotopic (exact) mass is 344 g/mol. The number of nitrogens with zero attached hydrogens (tertiary/aromatic N) is 2. The predicted molar refractivity (Wildman–Crippen MR) is 103 cm³/mol. The van der Waals surface area contributed by atoms with Crippen LogP contribution in [0.4, 0.5) is 0 Å². The molecule has 0 unspecified atom stereocenters. The quantitative estimate of drug-likeness (QED) is 0.596. The fourth-order valence-corrected chi connectivity index (χ4v) is 3.33. The van der Waals surface area contributed by atoms with Gasteiger partial charge < -0.3 is 10.2 Å². The number of unbranched alkanes of at least 4 members (excludes halogenated alkanes) is 3. The van der Waals surface area contributed by atoms with E-state index in [2.05, 4.69) is 25.9 Å². The molecule has 4 heteroatoms. The third-order valence-electron chi connectivity index (χ3n) is 4.95. The highest BCUT2D eigenvalue weighted by Crippen LogP contribution is 2.42. The maximum Gasteiger partial charge on any atom is 0.129 e. The Labute approximate surface area is 151 Å². The van der Waals surface area contributed by atoms with Gasteiger partial charge in [0.2, 0.25) is 0 Å². The predicted octanol–water partition coefficient (Wildman–Crippen LogP) is 5.79. The van der Waals surface area contributed by atoms with E-state index in [9.17, 15) is 10.2 Å².